The fourth-order valence-corrected chi connectivity index (χ4v) is 1.53. The molecule has 0 atom stereocenters. The normalized spacial score (nSPS) is 10.3. The predicted molar refractivity (Wildman–Crippen MR) is 64.3 cm³/mol. The van der Waals surface area contributed by atoms with Crippen LogP contribution in [0.3, 0.4) is 0 Å². The molecule has 17 heavy (non-hydrogen) atoms. The van der Waals surface area contributed by atoms with Crippen LogP contribution in [0, 0.1) is 12.7 Å². The molecule has 0 spiro atoms. The van der Waals surface area contributed by atoms with Gasteiger partial charge in [0.25, 0.3) is 5.56 Å². The summed E-state index contributed by atoms with van der Waals surface area (Å²) in [5, 5.41) is 2.84. The number of hydrogen-bond acceptors (Lipinski definition) is 3. The standard InChI is InChI=1S/C11H9ClFN3O/c1-6-4-10(17)16-11(14-6)15-7-2-3-9(13)8(12)5-7/h2-5H,1H3,(H2,14,15,16,17). The van der Waals surface area contributed by atoms with E-state index in [0.717, 1.165) is 0 Å². The summed E-state index contributed by atoms with van der Waals surface area (Å²) in [6.07, 6.45) is 0. The van der Waals surface area contributed by atoms with Crippen molar-refractivity contribution in [3.63, 3.8) is 0 Å². The van der Waals surface area contributed by atoms with Gasteiger partial charge in [0.1, 0.15) is 5.82 Å². The molecule has 0 radical (unpaired) electrons. The van der Waals surface area contributed by atoms with Crippen molar-refractivity contribution in [1.82, 2.24) is 9.97 Å². The van der Waals surface area contributed by atoms with Gasteiger partial charge in [0, 0.05) is 17.4 Å². The van der Waals surface area contributed by atoms with Crippen LogP contribution in [0.2, 0.25) is 5.02 Å². The molecule has 2 aromatic rings. The summed E-state index contributed by atoms with van der Waals surface area (Å²) in [5.41, 5.74) is 0.878. The molecule has 0 saturated heterocycles. The van der Waals surface area contributed by atoms with Gasteiger partial charge in [-0.25, -0.2) is 9.37 Å². The number of rotatable bonds is 2. The summed E-state index contributed by atoms with van der Waals surface area (Å²) in [5.74, 6) is -0.208. The molecule has 0 bridgehead atoms. The van der Waals surface area contributed by atoms with Crippen LogP contribution in [-0.2, 0) is 0 Å². The van der Waals surface area contributed by atoms with Crippen molar-refractivity contribution < 1.29 is 4.39 Å². The Balaban J connectivity index is 2.31. The van der Waals surface area contributed by atoms with Gasteiger partial charge >= 0.3 is 0 Å². The first-order valence-electron chi connectivity index (χ1n) is 4.84. The largest absolute Gasteiger partial charge is 0.326 e. The molecule has 0 fully saturated rings. The highest BCUT2D eigenvalue weighted by atomic mass is 35.5. The number of nitrogens with zero attached hydrogens (tertiary/aromatic N) is 1. The zero-order valence-corrected chi connectivity index (χ0v) is 9.68. The van der Waals surface area contributed by atoms with Crippen molar-refractivity contribution in [3.8, 4) is 0 Å². The summed E-state index contributed by atoms with van der Waals surface area (Å²) >= 11 is 5.64. The van der Waals surface area contributed by atoms with Gasteiger partial charge in [0.05, 0.1) is 5.02 Å². The van der Waals surface area contributed by atoms with Crippen molar-refractivity contribution in [2.75, 3.05) is 5.32 Å². The molecule has 2 N–H and O–H groups in total. The quantitative estimate of drug-likeness (QED) is 0.865. The molecule has 4 nitrogen and oxygen atoms in total. The highest BCUT2D eigenvalue weighted by molar-refractivity contribution is 6.31. The molecular formula is C11H9ClFN3O. The maximum absolute atomic E-state index is 12.9. The summed E-state index contributed by atoms with van der Waals surface area (Å²) in [6.45, 7) is 1.71. The number of aromatic amines is 1. The number of hydrogen-bond donors (Lipinski definition) is 2. The Morgan fingerprint density at radius 2 is 2.18 bits per heavy atom. The van der Waals surface area contributed by atoms with E-state index in [1.54, 1.807) is 6.92 Å². The Morgan fingerprint density at radius 1 is 1.41 bits per heavy atom. The molecule has 1 aromatic carbocycles. The third-order valence-electron chi connectivity index (χ3n) is 2.05. The minimum Gasteiger partial charge on any atom is -0.326 e. The number of H-pyrrole nitrogens is 1. The predicted octanol–water partition coefficient (Wildman–Crippen LogP) is 2.61. The van der Waals surface area contributed by atoms with Gasteiger partial charge in [0.15, 0.2) is 0 Å². The Morgan fingerprint density at radius 3 is 2.82 bits per heavy atom. The Labute approximate surface area is 101 Å². The number of halogens is 2. The highest BCUT2D eigenvalue weighted by Gasteiger charge is 2.03. The fourth-order valence-electron chi connectivity index (χ4n) is 1.35. The lowest BCUT2D eigenvalue weighted by molar-refractivity contribution is 0.628. The van der Waals surface area contributed by atoms with Crippen LogP contribution in [-0.4, -0.2) is 9.97 Å². The highest BCUT2D eigenvalue weighted by Crippen LogP contribution is 2.20. The van der Waals surface area contributed by atoms with Crippen molar-refractivity contribution in [1.29, 1.82) is 0 Å². The number of nitrogens with one attached hydrogen (secondary N) is 2. The van der Waals surface area contributed by atoms with Crippen LogP contribution in [0.15, 0.2) is 29.1 Å². The van der Waals surface area contributed by atoms with Crippen LogP contribution in [0.25, 0.3) is 0 Å². The number of anilines is 2. The SMILES string of the molecule is Cc1cc(=O)[nH]c(Nc2ccc(F)c(Cl)c2)n1. The third-order valence-corrected chi connectivity index (χ3v) is 2.34. The zero-order chi connectivity index (χ0) is 12.4. The average molecular weight is 254 g/mol. The second-order valence-electron chi connectivity index (χ2n) is 3.49. The summed E-state index contributed by atoms with van der Waals surface area (Å²) in [4.78, 5) is 17.8. The van der Waals surface area contributed by atoms with Crippen molar-refractivity contribution in [3.05, 3.63) is 51.2 Å². The minimum absolute atomic E-state index is 0.00463. The van der Waals surface area contributed by atoms with E-state index in [-0.39, 0.29) is 16.5 Å². The smallest absolute Gasteiger partial charge is 0.252 e. The van der Waals surface area contributed by atoms with Gasteiger partial charge in [-0.2, -0.15) is 0 Å². The van der Waals surface area contributed by atoms with E-state index in [1.807, 2.05) is 0 Å². The second kappa shape index (κ2) is 4.55. The van der Waals surface area contributed by atoms with Crippen molar-refractivity contribution in [2.24, 2.45) is 0 Å². The Bertz CT molecular complexity index is 612. The Hall–Kier alpha value is -1.88. The molecule has 0 aliphatic heterocycles. The van der Waals surface area contributed by atoms with Crippen LogP contribution < -0.4 is 10.9 Å². The van der Waals surface area contributed by atoms with Crippen LogP contribution >= 0.6 is 11.6 Å². The lowest BCUT2D eigenvalue weighted by Gasteiger charge is -2.06. The van der Waals surface area contributed by atoms with Gasteiger partial charge in [-0.15, -0.1) is 0 Å². The minimum atomic E-state index is -0.497. The number of aromatic nitrogens is 2. The van der Waals surface area contributed by atoms with Crippen LogP contribution in [0.5, 0.6) is 0 Å². The lowest BCUT2D eigenvalue weighted by atomic mass is 10.3. The van der Waals surface area contributed by atoms with Crippen LogP contribution in [0.4, 0.5) is 16.0 Å². The maximum Gasteiger partial charge on any atom is 0.252 e. The summed E-state index contributed by atoms with van der Waals surface area (Å²) < 4.78 is 12.9. The van der Waals surface area contributed by atoms with Crippen molar-refractivity contribution >= 4 is 23.2 Å². The first kappa shape index (κ1) is 11.6. The van der Waals surface area contributed by atoms with Gasteiger partial charge in [0.2, 0.25) is 5.95 Å². The fraction of sp³-hybridized carbons (Fsp3) is 0.0909. The van der Waals surface area contributed by atoms with E-state index >= 15 is 0 Å². The van der Waals surface area contributed by atoms with Gasteiger partial charge in [-0.3, -0.25) is 9.78 Å². The molecule has 1 heterocycles. The van der Waals surface area contributed by atoms with Gasteiger partial charge < -0.3 is 5.32 Å². The molecule has 0 aliphatic carbocycles. The third kappa shape index (κ3) is 2.82. The summed E-state index contributed by atoms with van der Waals surface area (Å²) in [6, 6.07) is 5.53. The molecule has 0 saturated carbocycles. The Kier molecular flexibility index (Phi) is 3.10. The van der Waals surface area contributed by atoms with E-state index < -0.39 is 5.82 Å². The molecule has 88 valence electrons. The maximum atomic E-state index is 12.9. The first-order valence-corrected chi connectivity index (χ1v) is 5.22. The topological polar surface area (TPSA) is 57.8 Å². The van der Waals surface area contributed by atoms with E-state index in [4.69, 9.17) is 11.6 Å². The molecule has 0 aliphatic rings. The molecule has 0 amide bonds. The summed E-state index contributed by atoms with van der Waals surface area (Å²) in [7, 11) is 0. The van der Waals surface area contributed by atoms with E-state index in [2.05, 4.69) is 15.3 Å². The number of benzene rings is 1. The van der Waals surface area contributed by atoms with Gasteiger partial charge in [-0.1, -0.05) is 11.6 Å². The van der Waals surface area contributed by atoms with E-state index in [9.17, 15) is 9.18 Å². The molecule has 1 aromatic heterocycles. The number of aryl methyl sites for hydroxylation is 1. The lowest BCUT2D eigenvalue weighted by Crippen LogP contribution is -2.10. The monoisotopic (exact) mass is 253 g/mol. The molecule has 2 rings (SSSR count). The second-order valence-corrected chi connectivity index (χ2v) is 3.90. The average Bonchev–Trinajstić information content (AvgIpc) is 2.22. The zero-order valence-electron chi connectivity index (χ0n) is 8.92. The van der Waals surface area contributed by atoms with Crippen molar-refractivity contribution in [2.45, 2.75) is 6.92 Å². The van der Waals surface area contributed by atoms with E-state index in [1.165, 1.54) is 24.3 Å². The molecular weight excluding hydrogens is 245 g/mol. The van der Waals surface area contributed by atoms with Gasteiger partial charge in [-0.05, 0) is 25.1 Å². The molecule has 0 unspecified atom stereocenters. The first-order chi connectivity index (χ1) is 8.04. The van der Waals surface area contributed by atoms with E-state index in [0.29, 0.717) is 11.4 Å². The van der Waals surface area contributed by atoms with Crippen LogP contribution in [0.1, 0.15) is 5.69 Å². The molecule has 6 heteroatoms.